The van der Waals surface area contributed by atoms with Gasteiger partial charge in [-0.3, -0.25) is 4.79 Å². The topological polar surface area (TPSA) is 57.6 Å². The number of carbonyl (C=O) groups is 2. The summed E-state index contributed by atoms with van der Waals surface area (Å²) in [6, 6.07) is -0.617. The number of carboxylic acids is 1. The first kappa shape index (κ1) is 16.3. The van der Waals surface area contributed by atoms with Gasteiger partial charge in [-0.1, -0.05) is 40.0 Å². The summed E-state index contributed by atoms with van der Waals surface area (Å²) in [6.45, 7) is 7.03. The molecule has 0 aromatic heterocycles. The summed E-state index contributed by atoms with van der Waals surface area (Å²) in [5.41, 5.74) is -0.00000839. The Labute approximate surface area is 127 Å². The highest BCUT2D eigenvalue weighted by atomic mass is 16.4. The van der Waals surface area contributed by atoms with Crippen LogP contribution in [0.5, 0.6) is 0 Å². The molecule has 4 heteroatoms. The third-order valence-corrected chi connectivity index (χ3v) is 5.66. The third kappa shape index (κ3) is 3.41. The number of piperidine rings is 1. The molecule has 120 valence electrons. The molecule has 1 aliphatic heterocycles. The molecule has 1 N–H and O–H groups in total. The molecule has 21 heavy (non-hydrogen) atoms. The number of carboxylic acid groups (broad SMARTS) is 1. The molecule has 4 nitrogen and oxygen atoms in total. The molecule has 0 spiro atoms. The van der Waals surface area contributed by atoms with Gasteiger partial charge in [0.05, 0.1) is 0 Å². The number of hydrogen-bond acceptors (Lipinski definition) is 2. The van der Waals surface area contributed by atoms with Gasteiger partial charge in [-0.2, -0.15) is 0 Å². The molecule has 0 aromatic rings. The highest BCUT2D eigenvalue weighted by molar-refractivity contribution is 5.85. The maximum absolute atomic E-state index is 12.9. The Kier molecular flexibility index (Phi) is 4.95. The second-order valence-electron chi connectivity index (χ2n) is 7.47. The second-order valence-corrected chi connectivity index (χ2v) is 7.47. The summed E-state index contributed by atoms with van der Waals surface area (Å²) in [5.74, 6) is -0.322. The average Bonchev–Trinajstić information content (AvgIpc) is 2.45. The van der Waals surface area contributed by atoms with Crippen molar-refractivity contribution in [3.8, 4) is 0 Å². The monoisotopic (exact) mass is 295 g/mol. The van der Waals surface area contributed by atoms with E-state index in [-0.39, 0.29) is 17.2 Å². The van der Waals surface area contributed by atoms with Crippen molar-refractivity contribution in [1.29, 1.82) is 0 Å². The molecule has 2 aliphatic rings. The van der Waals surface area contributed by atoms with Crippen LogP contribution in [0.1, 0.15) is 65.7 Å². The van der Waals surface area contributed by atoms with Crippen molar-refractivity contribution in [2.45, 2.75) is 71.8 Å². The fourth-order valence-corrected chi connectivity index (χ4v) is 4.06. The predicted molar refractivity (Wildman–Crippen MR) is 81.9 cm³/mol. The van der Waals surface area contributed by atoms with Crippen LogP contribution in [0.25, 0.3) is 0 Å². The van der Waals surface area contributed by atoms with E-state index in [0.29, 0.717) is 18.9 Å². The van der Waals surface area contributed by atoms with Crippen molar-refractivity contribution in [1.82, 2.24) is 4.90 Å². The quantitative estimate of drug-likeness (QED) is 0.869. The minimum Gasteiger partial charge on any atom is -0.480 e. The van der Waals surface area contributed by atoms with Crippen LogP contribution in [-0.2, 0) is 9.59 Å². The Bertz CT molecular complexity index is 405. The zero-order chi connectivity index (χ0) is 15.6. The molecule has 1 aliphatic carbocycles. The number of nitrogens with zero attached hydrogens (tertiary/aromatic N) is 1. The summed E-state index contributed by atoms with van der Waals surface area (Å²) in [4.78, 5) is 26.2. The predicted octanol–water partition coefficient (Wildman–Crippen LogP) is 3.30. The minimum absolute atomic E-state index is 0.00000839. The zero-order valence-electron chi connectivity index (χ0n) is 13.6. The summed E-state index contributed by atoms with van der Waals surface area (Å²) >= 11 is 0. The number of likely N-dealkylation sites (tertiary alicyclic amines) is 1. The summed E-state index contributed by atoms with van der Waals surface area (Å²) < 4.78 is 0. The summed E-state index contributed by atoms with van der Waals surface area (Å²) in [7, 11) is 0. The Morgan fingerprint density at radius 2 is 1.95 bits per heavy atom. The Morgan fingerprint density at radius 1 is 1.24 bits per heavy atom. The molecular weight excluding hydrogens is 266 g/mol. The van der Waals surface area contributed by atoms with Crippen LogP contribution in [0, 0.1) is 17.3 Å². The number of aliphatic carboxylic acids is 1. The highest BCUT2D eigenvalue weighted by Gasteiger charge is 2.43. The molecule has 1 amide bonds. The van der Waals surface area contributed by atoms with Gasteiger partial charge in [-0.15, -0.1) is 0 Å². The summed E-state index contributed by atoms with van der Waals surface area (Å²) in [5, 5.41) is 9.51. The van der Waals surface area contributed by atoms with Gasteiger partial charge in [0.2, 0.25) is 5.91 Å². The van der Waals surface area contributed by atoms with Gasteiger partial charge in [0.1, 0.15) is 6.04 Å². The standard InChI is InChI=1S/C17H29NO3/c1-4-12-8-10-18(14(11-12)16(20)21)15(19)13-7-5-6-9-17(13,2)3/h12-14H,4-11H2,1-3H3,(H,20,21). The lowest BCUT2D eigenvalue weighted by molar-refractivity contribution is -0.158. The van der Waals surface area contributed by atoms with Gasteiger partial charge in [0.25, 0.3) is 0 Å². The normalized spacial score (nSPS) is 32.7. The third-order valence-electron chi connectivity index (χ3n) is 5.66. The van der Waals surface area contributed by atoms with Gasteiger partial charge in [-0.25, -0.2) is 4.79 Å². The smallest absolute Gasteiger partial charge is 0.326 e. The van der Waals surface area contributed by atoms with Crippen molar-refractivity contribution in [2.24, 2.45) is 17.3 Å². The largest absolute Gasteiger partial charge is 0.480 e. The molecule has 3 unspecified atom stereocenters. The van der Waals surface area contributed by atoms with E-state index in [4.69, 9.17) is 0 Å². The van der Waals surface area contributed by atoms with Crippen LogP contribution < -0.4 is 0 Å². The molecule has 1 heterocycles. The number of carbonyl (C=O) groups excluding carboxylic acids is 1. The molecule has 3 atom stereocenters. The molecule has 0 bridgehead atoms. The molecule has 2 rings (SSSR count). The van der Waals surface area contributed by atoms with Crippen LogP contribution in [0.3, 0.4) is 0 Å². The molecule has 1 saturated heterocycles. The fraction of sp³-hybridized carbons (Fsp3) is 0.882. The number of rotatable bonds is 3. The van der Waals surface area contributed by atoms with Crippen LogP contribution in [-0.4, -0.2) is 34.5 Å². The first-order chi connectivity index (χ1) is 9.86. The lowest BCUT2D eigenvalue weighted by atomic mass is 9.68. The fourth-order valence-electron chi connectivity index (χ4n) is 4.06. The van der Waals surface area contributed by atoms with Crippen LogP contribution in [0.2, 0.25) is 0 Å². The number of amides is 1. The van der Waals surface area contributed by atoms with E-state index in [1.165, 1.54) is 6.42 Å². The first-order valence-electron chi connectivity index (χ1n) is 8.40. The van der Waals surface area contributed by atoms with E-state index >= 15 is 0 Å². The van der Waals surface area contributed by atoms with Gasteiger partial charge in [0, 0.05) is 12.5 Å². The van der Waals surface area contributed by atoms with Gasteiger partial charge in [0.15, 0.2) is 0 Å². The molecule has 2 fully saturated rings. The number of hydrogen-bond donors (Lipinski definition) is 1. The SMILES string of the molecule is CCC1CCN(C(=O)C2CCCCC2(C)C)C(C(=O)O)C1. The maximum atomic E-state index is 12.9. The Morgan fingerprint density at radius 3 is 2.52 bits per heavy atom. The van der Waals surface area contributed by atoms with Crippen LogP contribution in [0.4, 0.5) is 0 Å². The van der Waals surface area contributed by atoms with Crippen molar-refractivity contribution >= 4 is 11.9 Å². The summed E-state index contributed by atoms with van der Waals surface area (Å²) in [6.07, 6.45) is 6.79. The van der Waals surface area contributed by atoms with E-state index in [2.05, 4.69) is 20.8 Å². The lowest BCUT2D eigenvalue weighted by Crippen LogP contribution is -2.54. The molecule has 1 saturated carbocycles. The van der Waals surface area contributed by atoms with Crippen molar-refractivity contribution in [3.63, 3.8) is 0 Å². The van der Waals surface area contributed by atoms with E-state index in [9.17, 15) is 14.7 Å². The molecule has 0 radical (unpaired) electrons. The van der Waals surface area contributed by atoms with E-state index in [1.807, 2.05) is 0 Å². The van der Waals surface area contributed by atoms with Crippen molar-refractivity contribution < 1.29 is 14.7 Å². The maximum Gasteiger partial charge on any atom is 0.326 e. The molecular formula is C17H29NO3. The zero-order valence-corrected chi connectivity index (χ0v) is 13.6. The average molecular weight is 295 g/mol. The highest BCUT2D eigenvalue weighted by Crippen LogP contribution is 2.42. The first-order valence-corrected chi connectivity index (χ1v) is 8.40. The van der Waals surface area contributed by atoms with Crippen LogP contribution in [0.15, 0.2) is 0 Å². The van der Waals surface area contributed by atoms with Crippen molar-refractivity contribution in [2.75, 3.05) is 6.54 Å². The molecule has 0 aromatic carbocycles. The van der Waals surface area contributed by atoms with E-state index in [0.717, 1.165) is 32.1 Å². The van der Waals surface area contributed by atoms with E-state index < -0.39 is 12.0 Å². The van der Waals surface area contributed by atoms with Gasteiger partial charge < -0.3 is 10.0 Å². The Hall–Kier alpha value is -1.06. The van der Waals surface area contributed by atoms with Crippen LogP contribution >= 0.6 is 0 Å². The Balaban J connectivity index is 2.14. The van der Waals surface area contributed by atoms with E-state index in [1.54, 1.807) is 4.90 Å². The second kappa shape index (κ2) is 6.37. The minimum atomic E-state index is -0.838. The van der Waals surface area contributed by atoms with Gasteiger partial charge >= 0.3 is 5.97 Å². The van der Waals surface area contributed by atoms with Gasteiger partial charge in [-0.05, 0) is 37.0 Å². The van der Waals surface area contributed by atoms with Crippen molar-refractivity contribution in [3.05, 3.63) is 0 Å². The lowest BCUT2D eigenvalue weighted by Gasteiger charge is -2.44.